The van der Waals surface area contributed by atoms with Crippen molar-refractivity contribution >= 4 is 30.5 Å². The Balaban J connectivity index is 1.58. The van der Waals surface area contributed by atoms with E-state index in [1.807, 2.05) is 32.6 Å². The van der Waals surface area contributed by atoms with Gasteiger partial charge in [-0.3, -0.25) is 4.79 Å². The summed E-state index contributed by atoms with van der Waals surface area (Å²) in [7, 11) is -0.503. The van der Waals surface area contributed by atoms with Gasteiger partial charge in [-0.15, -0.1) is 0 Å². The Morgan fingerprint density at radius 1 is 1.16 bits per heavy atom. The molecule has 206 valence electrons. The van der Waals surface area contributed by atoms with E-state index >= 15 is 0 Å². The van der Waals surface area contributed by atoms with Crippen LogP contribution < -0.4 is 15.7 Å². The van der Waals surface area contributed by atoms with Gasteiger partial charge < -0.3 is 29.2 Å². The number of nitrogens with one attached hydrogen (secondary N) is 1. The van der Waals surface area contributed by atoms with Crippen molar-refractivity contribution in [1.29, 1.82) is 0 Å². The third-order valence-corrected chi connectivity index (χ3v) is 7.22. The molecule has 3 heterocycles. The summed E-state index contributed by atoms with van der Waals surface area (Å²) in [5.41, 5.74) is -0.677. The lowest BCUT2D eigenvalue weighted by Gasteiger charge is -2.32. The van der Waals surface area contributed by atoms with Gasteiger partial charge in [0.15, 0.2) is 0 Å². The molecule has 0 aromatic carbocycles. The molecule has 10 nitrogen and oxygen atoms in total. The van der Waals surface area contributed by atoms with Gasteiger partial charge in [0.05, 0.1) is 11.2 Å². The fourth-order valence-corrected chi connectivity index (χ4v) is 4.38. The summed E-state index contributed by atoms with van der Waals surface area (Å²) < 4.78 is 17.5. The molecule has 2 unspecified atom stereocenters. The minimum absolute atomic E-state index is 0.104. The molecule has 0 spiro atoms. The highest BCUT2D eigenvalue weighted by Crippen LogP contribution is 2.36. The molecule has 2 amide bonds. The number of aromatic nitrogens is 2. The van der Waals surface area contributed by atoms with Gasteiger partial charge in [-0.05, 0) is 81.6 Å². The van der Waals surface area contributed by atoms with Gasteiger partial charge in [0, 0.05) is 43.5 Å². The largest absolute Gasteiger partial charge is 0.498 e. The van der Waals surface area contributed by atoms with Crippen LogP contribution in [0.4, 0.5) is 10.7 Å². The van der Waals surface area contributed by atoms with Crippen LogP contribution in [0.1, 0.15) is 75.7 Å². The van der Waals surface area contributed by atoms with Crippen molar-refractivity contribution in [2.24, 2.45) is 5.92 Å². The Morgan fingerprint density at radius 3 is 2.24 bits per heavy atom. The topological polar surface area (TPSA) is 106 Å². The number of likely N-dealkylation sites (tertiary alicyclic amines) is 1. The van der Waals surface area contributed by atoms with Crippen molar-refractivity contribution < 1.29 is 23.6 Å². The Morgan fingerprint density at radius 2 is 1.73 bits per heavy atom. The highest BCUT2D eigenvalue weighted by molar-refractivity contribution is 6.61. The van der Waals surface area contributed by atoms with E-state index in [1.165, 1.54) is 0 Å². The summed E-state index contributed by atoms with van der Waals surface area (Å²) in [6.07, 6.45) is 3.83. The Kier molecular flexibility index (Phi) is 8.49. The molecular formula is C26H44BN5O5. The van der Waals surface area contributed by atoms with Gasteiger partial charge in [-0.25, -0.2) is 14.8 Å². The van der Waals surface area contributed by atoms with E-state index in [4.69, 9.17) is 14.0 Å². The number of ether oxygens (including phenoxy) is 1. The van der Waals surface area contributed by atoms with Gasteiger partial charge >= 0.3 is 13.2 Å². The number of nitrogens with zero attached hydrogens (tertiary/aromatic N) is 4. The predicted molar refractivity (Wildman–Crippen MR) is 144 cm³/mol. The van der Waals surface area contributed by atoms with Gasteiger partial charge in [0.1, 0.15) is 11.6 Å². The second kappa shape index (κ2) is 10.8. The molecule has 0 bridgehead atoms. The van der Waals surface area contributed by atoms with Crippen LogP contribution in [-0.4, -0.2) is 82.5 Å². The number of amides is 2. The maximum atomic E-state index is 12.9. The van der Waals surface area contributed by atoms with Gasteiger partial charge in [-0.1, -0.05) is 0 Å². The first-order valence-electron chi connectivity index (χ1n) is 13.2. The molecule has 11 heteroatoms. The SMILES string of the molecule is CC(NC(=O)OC(C)(C)C)C(=O)N1CCC(CN(c2ncc(B3OC(C)(C)C(C)(C)O3)cn2)C(C)C)C1. The molecule has 0 saturated carbocycles. The molecule has 2 saturated heterocycles. The van der Waals surface area contributed by atoms with E-state index in [9.17, 15) is 9.59 Å². The van der Waals surface area contributed by atoms with Crippen LogP contribution in [0.2, 0.25) is 0 Å². The van der Waals surface area contributed by atoms with E-state index in [0.717, 1.165) is 18.4 Å². The van der Waals surface area contributed by atoms with Crippen LogP contribution in [0.25, 0.3) is 0 Å². The average molecular weight is 517 g/mol. The lowest BCUT2D eigenvalue weighted by atomic mass is 9.81. The quantitative estimate of drug-likeness (QED) is 0.551. The van der Waals surface area contributed by atoms with Crippen LogP contribution in [-0.2, 0) is 18.8 Å². The second-order valence-corrected chi connectivity index (χ2v) is 12.5. The molecular weight excluding hydrogens is 473 g/mol. The summed E-state index contributed by atoms with van der Waals surface area (Å²) in [4.78, 5) is 38.2. The molecule has 37 heavy (non-hydrogen) atoms. The number of anilines is 1. The van der Waals surface area contributed by atoms with Crippen LogP contribution in [0, 0.1) is 5.92 Å². The average Bonchev–Trinajstić information content (AvgIpc) is 3.31. The first-order valence-corrected chi connectivity index (χ1v) is 13.2. The molecule has 2 fully saturated rings. The standard InChI is InChI=1S/C26H44BN5O5/c1-17(2)32(22-28-13-20(14-29-22)27-36-25(7,8)26(9,10)37-27)16-19-11-12-31(15-19)21(33)18(3)30-23(34)35-24(4,5)6/h13-14,17-19H,11-12,15-16H2,1-10H3,(H,30,34). The number of carbonyl (C=O) groups is 2. The highest BCUT2D eigenvalue weighted by atomic mass is 16.7. The third-order valence-electron chi connectivity index (χ3n) is 7.22. The van der Waals surface area contributed by atoms with Gasteiger partial charge in [-0.2, -0.15) is 0 Å². The molecule has 2 atom stereocenters. The van der Waals surface area contributed by atoms with E-state index < -0.39 is 36.1 Å². The van der Waals surface area contributed by atoms with Gasteiger partial charge in [0.2, 0.25) is 11.9 Å². The monoisotopic (exact) mass is 517 g/mol. The summed E-state index contributed by atoms with van der Waals surface area (Å²) >= 11 is 0. The molecule has 0 aliphatic carbocycles. The normalized spacial score (nSPS) is 21.8. The minimum atomic E-state index is -0.652. The van der Waals surface area contributed by atoms with Crippen molar-refractivity contribution in [2.75, 3.05) is 24.5 Å². The fourth-order valence-electron chi connectivity index (χ4n) is 4.38. The first kappa shape index (κ1) is 29.2. The molecule has 2 aliphatic heterocycles. The third kappa shape index (κ3) is 7.13. The summed E-state index contributed by atoms with van der Waals surface area (Å²) in [5.74, 6) is 0.805. The Bertz CT molecular complexity index is 947. The van der Waals surface area contributed by atoms with Crippen molar-refractivity contribution in [3.63, 3.8) is 0 Å². The number of carbonyl (C=O) groups excluding carboxylic acids is 2. The minimum Gasteiger partial charge on any atom is -0.444 e. The molecule has 0 radical (unpaired) electrons. The summed E-state index contributed by atoms with van der Waals surface area (Å²) in [6.45, 7) is 21.4. The van der Waals surface area contributed by atoms with Crippen LogP contribution in [0.15, 0.2) is 12.4 Å². The summed E-state index contributed by atoms with van der Waals surface area (Å²) in [5, 5.41) is 2.65. The van der Waals surface area contributed by atoms with Crippen molar-refractivity contribution in [3.05, 3.63) is 12.4 Å². The maximum absolute atomic E-state index is 12.9. The zero-order valence-corrected chi connectivity index (χ0v) is 24.1. The first-order chi connectivity index (χ1) is 17.0. The number of rotatable bonds is 7. The zero-order chi connectivity index (χ0) is 27.8. The fraction of sp³-hybridized carbons (Fsp3) is 0.769. The number of hydrogen-bond donors (Lipinski definition) is 1. The molecule has 2 aliphatic rings. The van der Waals surface area contributed by atoms with Crippen molar-refractivity contribution in [3.8, 4) is 0 Å². The molecule has 3 rings (SSSR count). The molecule has 1 aromatic rings. The van der Waals surface area contributed by atoms with Crippen molar-refractivity contribution in [1.82, 2.24) is 20.2 Å². The molecule has 1 aromatic heterocycles. The van der Waals surface area contributed by atoms with E-state index in [-0.39, 0.29) is 17.9 Å². The lowest BCUT2D eigenvalue weighted by Crippen LogP contribution is -2.47. The van der Waals surface area contributed by atoms with E-state index in [1.54, 1.807) is 40.1 Å². The maximum Gasteiger partial charge on any atom is 0.498 e. The molecule has 1 N–H and O–H groups in total. The number of hydrogen-bond acceptors (Lipinski definition) is 8. The van der Waals surface area contributed by atoms with Gasteiger partial charge in [0.25, 0.3) is 0 Å². The van der Waals surface area contributed by atoms with Crippen molar-refractivity contribution in [2.45, 2.75) is 105 Å². The van der Waals surface area contributed by atoms with E-state index in [0.29, 0.717) is 19.0 Å². The second-order valence-electron chi connectivity index (χ2n) is 12.5. The Hall–Kier alpha value is -2.40. The summed E-state index contributed by atoms with van der Waals surface area (Å²) in [6, 6.07) is -0.471. The van der Waals surface area contributed by atoms with Crippen LogP contribution in [0.3, 0.4) is 0 Å². The predicted octanol–water partition coefficient (Wildman–Crippen LogP) is 2.75. The highest BCUT2D eigenvalue weighted by Gasteiger charge is 2.52. The van der Waals surface area contributed by atoms with E-state index in [2.05, 4.69) is 34.0 Å². The lowest BCUT2D eigenvalue weighted by molar-refractivity contribution is -0.132. The smallest absolute Gasteiger partial charge is 0.444 e. The Labute approximate surface area is 222 Å². The van der Waals surface area contributed by atoms with Crippen LogP contribution >= 0.6 is 0 Å². The zero-order valence-electron chi connectivity index (χ0n) is 24.1. The van der Waals surface area contributed by atoms with Crippen LogP contribution in [0.5, 0.6) is 0 Å². The number of alkyl carbamates (subject to hydrolysis) is 1.